The third kappa shape index (κ3) is 2.82. The number of nitrogens with one attached hydrogen (secondary N) is 1. The fraction of sp³-hybridized carbons (Fsp3) is 0.478. The molecule has 140 valence electrons. The number of hydrazone groups is 1. The maximum atomic E-state index is 12.7. The Balaban J connectivity index is 1.38. The number of hydrogen-bond acceptors (Lipinski definition) is 3. The van der Waals surface area contributed by atoms with Crippen molar-refractivity contribution in [1.82, 2.24) is 5.43 Å². The summed E-state index contributed by atoms with van der Waals surface area (Å²) in [7, 11) is 0. The number of carbonyl (C=O) groups is 1. The lowest BCUT2D eigenvalue weighted by Crippen LogP contribution is -2.49. The van der Waals surface area contributed by atoms with Crippen molar-refractivity contribution in [3.63, 3.8) is 0 Å². The number of nitrogens with zero attached hydrogens (tertiary/aromatic N) is 1. The molecule has 4 aliphatic rings. The van der Waals surface area contributed by atoms with Crippen LogP contribution in [0.2, 0.25) is 0 Å². The molecular weight excluding hydrogens is 336 g/mol. The van der Waals surface area contributed by atoms with Crippen molar-refractivity contribution in [2.75, 3.05) is 0 Å². The Hall–Kier alpha value is -2.36. The predicted octanol–water partition coefficient (Wildman–Crippen LogP) is 4.87. The van der Waals surface area contributed by atoms with Gasteiger partial charge in [-0.1, -0.05) is 24.3 Å². The van der Waals surface area contributed by atoms with Gasteiger partial charge in [0.15, 0.2) is 0 Å². The van der Waals surface area contributed by atoms with Gasteiger partial charge in [0.1, 0.15) is 5.75 Å². The largest absolute Gasteiger partial charge is 0.507 e. The lowest BCUT2D eigenvalue weighted by Gasteiger charge is -2.56. The second kappa shape index (κ2) is 6.08. The van der Waals surface area contributed by atoms with Gasteiger partial charge in [-0.05, 0) is 86.1 Å². The average molecular weight is 362 g/mol. The molecule has 0 saturated heterocycles. The molecule has 4 aliphatic carbocycles. The van der Waals surface area contributed by atoms with Gasteiger partial charge in [-0.25, -0.2) is 5.43 Å². The van der Waals surface area contributed by atoms with E-state index in [2.05, 4.69) is 17.5 Å². The van der Waals surface area contributed by atoms with Crippen molar-refractivity contribution in [2.45, 2.75) is 45.4 Å². The number of phenolic OH excluding ortho intramolecular Hbond substituents is 1. The Morgan fingerprint density at radius 1 is 1.04 bits per heavy atom. The average Bonchev–Trinajstić information content (AvgIpc) is 2.64. The van der Waals surface area contributed by atoms with Crippen LogP contribution in [0.25, 0.3) is 10.8 Å². The second-order valence-corrected chi connectivity index (χ2v) is 9.05. The Kier molecular flexibility index (Phi) is 3.78. The maximum absolute atomic E-state index is 12.7. The zero-order valence-corrected chi connectivity index (χ0v) is 15.7. The minimum atomic E-state index is -0.345. The first kappa shape index (κ1) is 16.8. The van der Waals surface area contributed by atoms with Crippen molar-refractivity contribution in [3.05, 3.63) is 42.0 Å². The summed E-state index contributed by atoms with van der Waals surface area (Å²) >= 11 is 0. The highest BCUT2D eigenvalue weighted by atomic mass is 16.3. The molecule has 0 radical (unpaired) electrons. The van der Waals surface area contributed by atoms with Gasteiger partial charge in [0.05, 0.1) is 5.56 Å². The van der Waals surface area contributed by atoms with Gasteiger partial charge in [-0.15, -0.1) is 0 Å². The summed E-state index contributed by atoms with van der Waals surface area (Å²) in [6.07, 6.45) is 7.86. The van der Waals surface area contributed by atoms with E-state index in [4.69, 9.17) is 0 Å². The summed E-state index contributed by atoms with van der Waals surface area (Å²) in [6.45, 7) is 2.08. The SMILES string of the molecule is CC(=NNC(=O)c1cc2ccccc2cc1O)C12CC3CC(CC(C3)C1)C2. The van der Waals surface area contributed by atoms with Gasteiger partial charge in [0.25, 0.3) is 5.91 Å². The molecule has 1 amide bonds. The molecule has 0 aromatic heterocycles. The molecule has 4 saturated carbocycles. The van der Waals surface area contributed by atoms with Crippen molar-refractivity contribution < 1.29 is 9.90 Å². The Morgan fingerprint density at radius 2 is 1.59 bits per heavy atom. The fourth-order valence-electron chi connectivity index (χ4n) is 6.28. The van der Waals surface area contributed by atoms with Gasteiger partial charge in [-0.3, -0.25) is 4.79 Å². The summed E-state index contributed by atoms with van der Waals surface area (Å²) in [5.74, 6) is 2.20. The Morgan fingerprint density at radius 3 is 2.19 bits per heavy atom. The first-order valence-electron chi connectivity index (χ1n) is 10.1. The van der Waals surface area contributed by atoms with Gasteiger partial charge in [0.2, 0.25) is 0 Å². The zero-order chi connectivity index (χ0) is 18.6. The quantitative estimate of drug-likeness (QED) is 0.604. The monoisotopic (exact) mass is 362 g/mol. The summed E-state index contributed by atoms with van der Waals surface area (Å²) in [6, 6.07) is 11.1. The number of carbonyl (C=O) groups excluding carboxylic acids is 1. The first-order valence-corrected chi connectivity index (χ1v) is 10.1. The van der Waals surface area contributed by atoms with Gasteiger partial charge >= 0.3 is 0 Å². The highest BCUT2D eigenvalue weighted by Crippen LogP contribution is 2.60. The molecule has 0 atom stereocenters. The van der Waals surface area contributed by atoms with Gasteiger partial charge < -0.3 is 5.11 Å². The molecule has 0 aliphatic heterocycles. The highest BCUT2D eigenvalue weighted by Gasteiger charge is 2.52. The van der Waals surface area contributed by atoms with Crippen molar-refractivity contribution >= 4 is 22.4 Å². The smallest absolute Gasteiger partial charge is 0.275 e. The predicted molar refractivity (Wildman–Crippen MR) is 107 cm³/mol. The molecule has 4 fully saturated rings. The van der Waals surface area contributed by atoms with Crippen LogP contribution >= 0.6 is 0 Å². The third-order valence-corrected chi connectivity index (χ3v) is 7.24. The molecule has 6 rings (SSSR count). The Labute approximate surface area is 159 Å². The van der Waals surface area contributed by atoms with Crippen LogP contribution in [0.15, 0.2) is 41.5 Å². The molecule has 27 heavy (non-hydrogen) atoms. The van der Waals surface area contributed by atoms with E-state index in [9.17, 15) is 9.90 Å². The van der Waals surface area contributed by atoms with E-state index in [0.717, 1.165) is 34.2 Å². The number of phenols is 1. The van der Waals surface area contributed by atoms with E-state index in [1.54, 1.807) is 12.1 Å². The summed E-state index contributed by atoms with van der Waals surface area (Å²) < 4.78 is 0. The van der Waals surface area contributed by atoms with Crippen LogP contribution in [0.1, 0.15) is 55.8 Å². The highest BCUT2D eigenvalue weighted by molar-refractivity contribution is 6.02. The van der Waals surface area contributed by atoms with Crippen LogP contribution in [-0.2, 0) is 0 Å². The number of aromatic hydroxyl groups is 1. The number of fused-ring (bicyclic) bond motifs is 1. The lowest BCUT2D eigenvalue weighted by atomic mass is 9.48. The van der Waals surface area contributed by atoms with E-state index < -0.39 is 0 Å². The molecule has 4 nitrogen and oxygen atoms in total. The first-order chi connectivity index (χ1) is 13.0. The molecule has 0 heterocycles. The molecular formula is C23H26N2O2. The summed E-state index contributed by atoms with van der Waals surface area (Å²) in [5.41, 5.74) is 4.25. The Bertz CT molecular complexity index is 911. The number of rotatable bonds is 3. The standard InChI is InChI=1S/C23H26N2O2/c1-14(23-11-15-6-16(12-23)8-17(7-15)13-23)24-25-22(27)20-9-18-4-2-3-5-19(18)10-21(20)26/h2-5,9-10,15-17,26H,6-8,11-13H2,1H3,(H,25,27). The molecule has 0 spiro atoms. The third-order valence-electron chi connectivity index (χ3n) is 7.24. The van der Waals surface area contributed by atoms with Crippen LogP contribution in [0.5, 0.6) is 5.75 Å². The number of amides is 1. The van der Waals surface area contributed by atoms with Crippen LogP contribution < -0.4 is 5.43 Å². The summed E-state index contributed by atoms with van der Waals surface area (Å²) in [4.78, 5) is 12.7. The minimum absolute atomic E-state index is 0.00569. The maximum Gasteiger partial charge on any atom is 0.275 e. The molecule has 2 N–H and O–H groups in total. The fourth-order valence-corrected chi connectivity index (χ4v) is 6.28. The van der Waals surface area contributed by atoms with Gasteiger partial charge in [-0.2, -0.15) is 5.10 Å². The minimum Gasteiger partial charge on any atom is -0.507 e. The van der Waals surface area contributed by atoms with Crippen molar-refractivity contribution in [2.24, 2.45) is 28.3 Å². The van der Waals surface area contributed by atoms with Gasteiger partial charge in [0, 0.05) is 11.1 Å². The molecule has 4 heteroatoms. The van der Waals surface area contributed by atoms with E-state index in [1.165, 1.54) is 38.5 Å². The summed E-state index contributed by atoms with van der Waals surface area (Å²) in [5, 5.41) is 16.6. The van der Waals surface area contributed by atoms with Crippen molar-refractivity contribution in [3.8, 4) is 5.75 Å². The normalized spacial score (nSPS) is 32.0. The van der Waals surface area contributed by atoms with E-state index in [0.29, 0.717) is 0 Å². The molecule has 2 aromatic rings. The van der Waals surface area contributed by atoms with Crippen LogP contribution in [0.4, 0.5) is 0 Å². The topological polar surface area (TPSA) is 61.7 Å². The van der Waals surface area contributed by atoms with E-state index in [-0.39, 0.29) is 22.6 Å². The van der Waals surface area contributed by atoms with Crippen molar-refractivity contribution in [1.29, 1.82) is 0 Å². The molecule has 2 aromatic carbocycles. The lowest BCUT2D eigenvalue weighted by molar-refractivity contribution is -0.0128. The number of benzene rings is 2. The van der Waals surface area contributed by atoms with E-state index >= 15 is 0 Å². The second-order valence-electron chi connectivity index (χ2n) is 9.05. The zero-order valence-electron chi connectivity index (χ0n) is 15.7. The number of hydrogen-bond donors (Lipinski definition) is 2. The van der Waals surface area contributed by atoms with Crippen LogP contribution in [-0.4, -0.2) is 16.7 Å². The van der Waals surface area contributed by atoms with Crippen LogP contribution in [0.3, 0.4) is 0 Å². The molecule has 4 bridgehead atoms. The van der Waals surface area contributed by atoms with Crippen LogP contribution in [0, 0.1) is 23.2 Å². The van der Waals surface area contributed by atoms with E-state index in [1.807, 2.05) is 24.3 Å². The molecule has 0 unspecified atom stereocenters.